The summed E-state index contributed by atoms with van der Waals surface area (Å²) in [6.07, 6.45) is 2.17. The number of carbonyl (C=O) groups excluding carboxylic acids is 1. The fraction of sp³-hybridized carbons (Fsp3) is 0.846. The molecular formula is C13H23NO3. The summed E-state index contributed by atoms with van der Waals surface area (Å²) in [5.41, 5.74) is -0.972. The van der Waals surface area contributed by atoms with Gasteiger partial charge in [-0.1, -0.05) is 27.2 Å². The van der Waals surface area contributed by atoms with Crippen LogP contribution in [0.25, 0.3) is 0 Å². The Labute approximate surface area is 103 Å². The minimum Gasteiger partial charge on any atom is -0.481 e. The van der Waals surface area contributed by atoms with Crippen LogP contribution in [0.1, 0.15) is 47.0 Å². The minimum absolute atomic E-state index is 0.0624. The summed E-state index contributed by atoms with van der Waals surface area (Å²) in [6, 6.07) is 0.276. The molecule has 0 spiro atoms. The lowest BCUT2D eigenvalue weighted by atomic mass is 9.76. The van der Waals surface area contributed by atoms with Crippen molar-refractivity contribution in [2.75, 3.05) is 0 Å². The maximum atomic E-state index is 11.8. The van der Waals surface area contributed by atoms with Gasteiger partial charge in [-0.05, 0) is 25.2 Å². The van der Waals surface area contributed by atoms with E-state index in [9.17, 15) is 14.7 Å². The quantitative estimate of drug-likeness (QED) is 0.747. The number of hydrogen-bond donors (Lipinski definition) is 2. The average Bonchev–Trinajstić information content (AvgIpc) is 2.95. The third-order valence-corrected chi connectivity index (χ3v) is 4.08. The van der Waals surface area contributed by atoms with Gasteiger partial charge in [0.05, 0.1) is 5.41 Å². The maximum absolute atomic E-state index is 11.8. The molecule has 1 fully saturated rings. The van der Waals surface area contributed by atoms with Crippen molar-refractivity contribution in [3.63, 3.8) is 0 Å². The Hall–Kier alpha value is -1.06. The van der Waals surface area contributed by atoms with Crippen LogP contribution in [0.2, 0.25) is 0 Å². The molecule has 0 aliphatic heterocycles. The van der Waals surface area contributed by atoms with Gasteiger partial charge in [-0.25, -0.2) is 0 Å². The molecule has 1 saturated carbocycles. The summed E-state index contributed by atoms with van der Waals surface area (Å²) >= 11 is 0. The van der Waals surface area contributed by atoms with Gasteiger partial charge in [0.25, 0.3) is 0 Å². The first-order valence-electron chi connectivity index (χ1n) is 6.34. The summed E-state index contributed by atoms with van der Waals surface area (Å²) in [6.45, 7) is 7.43. The summed E-state index contributed by atoms with van der Waals surface area (Å²) in [5, 5.41) is 12.1. The number of aliphatic carboxylic acids is 1. The number of carboxylic acids is 1. The van der Waals surface area contributed by atoms with E-state index in [0.717, 1.165) is 12.8 Å². The third-order valence-electron chi connectivity index (χ3n) is 4.08. The van der Waals surface area contributed by atoms with Crippen LogP contribution in [0.5, 0.6) is 0 Å². The zero-order valence-electron chi connectivity index (χ0n) is 11.1. The normalized spacial score (nSPS) is 26.4. The zero-order chi connectivity index (χ0) is 13.2. The van der Waals surface area contributed by atoms with Gasteiger partial charge in [0.2, 0.25) is 5.91 Å². The molecule has 17 heavy (non-hydrogen) atoms. The minimum atomic E-state index is -0.972. The number of nitrogens with one attached hydrogen (secondary N) is 1. The molecular weight excluding hydrogens is 218 g/mol. The van der Waals surface area contributed by atoms with Crippen molar-refractivity contribution < 1.29 is 14.7 Å². The van der Waals surface area contributed by atoms with Crippen LogP contribution in [0.3, 0.4) is 0 Å². The molecule has 4 heteroatoms. The molecule has 1 aliphatic carbocycles. The molecule has 1 amide bonds. The predicted molar refractivity (Wildman–Crippen MR) is 65.5 cm³/mol. The first-order valence-corrected chi connectivity index (χ1v) is 6.34. The first-order chi connectivity index (χ1) is 7.81. The van der Waals surface area contributed by atoms with E-state index in [1.54, 1.807) is 6.92 Å². The Bertz CT molecular complexity index is 314. The van der Waals surface area contributed by atoms with Crippen molar-refractivity contribution in [2.45, 2.75) is 53.0 Å². The smallest absolute Gasteiger partial charge is 0.310 e. The lowest BCUT2D eigenvalue weighted by Crippen LogP contribution is -2.40. The fourth-order valence-corrected chi connectivity index (χ4v) is 1.99. The molecule has 1 aliphatic rings. The van der Waals surface area contributed by atoms with Crippen molar-refractivity contribution in [1.29, 1.82) is 0 Å². The fourth-order valence-electron chi connectivity index (χ4n) is 1.99. The Morgan fingerprint density at radius 2 is 2.06 bits per heavy atom. The van der Waals surface area contributed by atoms with Crippen LogP contribution >= 0.6 is 0 Å². The molecule has 3 atom stereocenters. The van der Waals surface area contributed by atoms with Gasteiger partial charge in [-0.2, -0.15) is 0 Å². The van der Waals surface area contributed by atoms with Crippen LogP contribution in [0, 0.1) is 17.3 Å². The molecule has 2 N–H and O–H groups in total. The third kappa shape index (κ3) is 3.20. The summed E-state index contributed by atoms with van der Waals surface area (Å²) in [4.78, 5) is 23.0. The van der Waals surface area contributed by atoms with Crippen LogP contribution in [-0.4, -0.2) is 23.0 Å². The average molecular weight is 241 g/mol. The Kier molecular flexibility index (Phi) is 4.17. The summed E-state index contributed by atoms with van der Waals surface area (Å²) in [7, 11) is 0. The molecule has 0 radical (unpaired) electrons. The molecule has 0 aromatic rings. The lowest BCUT2D eigenvalue weighted by molar-refractivity contribution is -0.153. The van der Waals surface area contributed by atoms with E-state index in [4.69, 9.17) is 0 Å². The van der Waals surface area contributed by atoms with Crippen LogP contribution in [0.4, 0.5) is 0 Å². The highest BCUT2D eigenvalue weighted by Gasteiger charge is 2.41. The second kappa shape index (κ2) is 5.07. The molecule has 0 bridgehead atoms. The zero-order valence-corrected chi connectivity index (χ0v) is 11.1. The summed E-state index contributed by atoms with van der Waals surface area (Å²) in [5.74, 6) is -0.504. The SMILES string of the molecule is CCC1CC1NC(=O)CC(C)(C(=O)O)C(C)C. The second-order valence-corrected chi connectivity index (χ2v) is 5.63. The number of rotatable bonds is 6. The second-order valence-electron chi connectivity index (χ2n) is 5.63. The number of amides is 1. The van der Waals surface area contributed by atoms with Crippen molar-refractivity contribution in [3.05, 3.63) is 0 Å². The Morgan fingerprint density at radius 1 is 1.47 bits per heavy atom. The molecule has 0 saturated heterocycles. The van der Waals surface area contributed by atoms with Gasteiger partial charge >= 0.3 is 5.97 Å². The van der Waals surface area contributed by atoms with Crippen molar-refractivity contribution in [1.82, 2.24) is 5.32 Å². The highest BCUT2D eigenvalue weighted by molar-refractivity contribution is 5.85. The van der Waals surface area contributed by atoms with E-state index < -0.39 is 11.4 Å². The van der Waals surface area contributed by atoms with Gasteiger partial charge in [0.1, 0.15) is 0 Å². The standard InChI is InChI=1S/C13H23NO3/c1-5-9-6-10(9)14-11(15)7-13(4,8(2)3)12(16)17/h8-10H,5-7H2,1-4H3,(H,14,15)(H,16,17). The maximum Gasteiger partial charge on any atom is 0.310 e. The summed E-state index contributed by atoms with van der Waals surface area (Å²) < 4.78 is 0. The van der Waals surface area contributed by atoms with Gasteiger partial charge in [-0.15, -0.1) is 0 Å². The van der Waals surface area contributed by atoms with Gasteiger partial charge < -0.3 is 10.4 Å². The highest BCUT2D eigenvalue weighted by atomic mass is 16.4. The van der Waals surface area contributed by atoms with Crippen molar-refractivity contribution in [3.8, 4) is 0 Å². The van der Waals surface area contributed by atoms with E-state index in [1.807, 2.05) is 13.8 Å². The predicted octanol–water partition coefficient (Wildman–Crippen LogP) is 2.04. The number of hydrogen-bond acceptors (Lipinski definition) is 2. The first kappa shape index (κ1) is 14.0. The Balaban J connectivity index is 2.51. The topological polar surface area (TPSA) is 66.4 Å². The van der Waals surface area contributed by atoms with Crippen molar-refractivity contribution >= 4 is 11.9 Å². The van der Waals surface area contributed by atoms with Crippen LogP contribution in [0.15, 0.2) is 0 Å². The number of carbonyl (C=O) groups is 2. The van der Waals surface area contributed by atoms with E-state index in [1.165, 1.54) is 0 Å². The van der Waals surface area contributed by atoms with E-state index >= 15 is 0 Å². The largest absolute Gasteiger partial charge is 0.481 e. The van der Waals surface area contributed by atoms with Gasteiger partial charge in [0, 0.05) is 12.5 Å². The molecule has 98 valence electrons. The molecule has 0 aromatic heterocycles. The monoisotopic (exact) mass is 241 g/mol. The van der Waals surface area contributed by atoms with E-state index in [-0.39, 0.29) is 24.3 Å². The Morgan fingerprint density at radius 3 is 2.41 bits per heavy atom. The van der Waals surface area contributed by atoms with Gasteiger partial charge in [-0.3, -0.25) is 9.59 Å². The molecule has 3 unspecified atom stereocenters. The highest BCUT2D eigenvalue weighted by Crippen LogP contribution is 2.35. The molecule has 0 aromatic carbocycles. The molecule has 4 nitrogen and oxygen atoms in total. The van der Waals surface area contributed by atoms with E-state index in [2.05, 4.69) is 12.2 Å². The van der Waals surface area contributed by atoms with Crippen LogP contribution < -0.4 is 5.32 Å². The van der Waals surface area contributed by atoms with Crippen LogP contribution in [-0.2, 0) is 9.59 Å². The van der Waals surface area contributed by atoms with Crippen molar-refractivity contribution in [2.24, 2.45) is 17.3 Å². The molecule has 0 heterocycles. The number of carboxylic acid groups (broad SMARTS) is 1. The van der Waals surface area contributed by atoms with E-state index in [0.29, 0.717) is 5.92 Å². The van der Waals surface area contributed by atoms with Gasteiger partial charge in [0.15, 0.2) is 0 Å². The molecule has 1 rings (SSSR count). The lowest BCUT2D eigenvalue weighted by Gasteiger charge is -2.28.